The maximum Gasteiger partial charge on any atom is 0.166 e. The minimum atomic E-state index is -0.603. The van der Waals surface area contributed by atoms with Gasteiger partial charge >= 0.3 is 0 Å². The fourth-order valence-corrected chi connectivity index (χ4v) is 1.27. The standard InChI is InChI=1S/C7H7Cl2FN2/c1-3(11)4-2-5(10)7(9)12-6(4)8/h2-3H,11H2,1H3/t3-/m0/s1. The quantitative estimate of drug-likeness (QED) is 0.721. The average molecular weight is 209 g/mol. The highest BCUT2D eigenvalue weighted by atomic mass is 35.5. The maximum absolute atomic E-state index is 12.8. The SMILES string of the molecule is C[C@H](N)c1cc(F)c(Cl)nc1Cl. The molecule has 0 unspecified atom stereocenters. The van der Waals surface area contributed by atoms with Crippen LogP contribution in [0.25, 0.3) is 0 Å². The van der Waals surface area contributed by atoms with Crippen LogP contribution in [0.2, 0.25) is 10.3 Å². The molecule has 0 spiro atoms. The molecule has 0 radical (unpaired) electrons. The Morgan fingerprint density at radius 1 is 1.50 bits per heavy atom. The van der Waals surface area contributed by atoms with Crippen LogP contribution in [-0.4, -0.2) is 4.98 Å². The van der Waals surface area contributed by atoms with Crippen LogP contribution in [-0.2, 0) is 0 Å². The first-order chi connectivity index (χ1) is 5.52. The van der Waals surface area contributed by atoms with Gasteiger partial charge in [0.2, 0.25) is 0 Å². The van der Waals surface area contributed by atoms with E-state index in [2.05, 4.69) is 4.98 Å². The van der Waals surface area contributed by atoms with Crippen LogP contribution < -0.4 is 5.73 Å². The van der Waals surface area contributed by atoms with Crippen molar-refractivity contribution in [1.82, 2.24) is 4.98 Å². The molecule has 66 valence electrons. The molecule has 0 saturated carbocycles. The maximum atomic E-state index is 12.8. The van der Waals surface area contributed by atoms with Gasteiger partial charge in [0.1, 0.15) is 5.15 Å². The lowest BCUT2D eigenvalue weighted by Gasteiger charge is -2.07. The second-order valence-electron chi connectivity index (χ2n) is 2.43. The Morgan fingerprint density at radius 3 is 2.58 bits per heavy atom. The second-order valence-corrected chi connectivity index (χ2v) is 3.15. The van der Waals surface area contributed by atoms with Gasteiger partial charge in [0.05, 0.1) is 0 Å². The van der Waals surface area contributed by atoms with Gasteiger partial charge in [-0.1, -0.05) is 23.2 Å². The molecule has 0 aromatic carbocycles. The van der Waals surface area contributed by atoms with E-state index in [1.54, 1.807) is 6.92 Å². The number of aromatic nitrogens is 1. The molecule has 2 N–H and O–H groups in total. The Hall–Kier alpha value is -0.380. The summed E-state index contributed by atoms with van der Waals surface area (Å²) in [5, 5.41) is -0.0826. The van der Waals surface area contributed by atoms with Gasteiger partial charge in [0, 0.05) is 11.6 Å². The first kappa shape index (κ1) is 9.71. The summed E-state index contributed by atoms with van der Waals surface area (Å²) >= 11 is 11.0. The van der Waals surface area contributed by atoms with E-state index in [1.165, 1.54) is 6.07 Å². The smallest absolute Gasteiger partial charge is 0.166 e. The summed E-state index contributed by atoms with van der Waals surface area (Å²) in [5.74, 6) is -0.603. The molecule has 1 aromatic heterocycles. The zero-order chi connectivity index (χ0) is 9.30. The Kier molecular flexibility index (Phi) is 2.88. The summed E-state index contributed by atoms with van der Waals surface area (Å²) in [7, 11) is 0. The lowest BCUT2D eigenvalue weighted by Crippen LogP contribution is -2.07. The van der Waals surface area contributed by atoms with Crippen molar-refractivity contribution in [3.8, 4) is 0 Å². The van der Waals surface area contributed by atoms with Crippen LogP contribution in [0.5, 0.6) is 0 Å². The lowest BCUT2D eigenvalue weighted by molar-refractivity contribution is 0.615. The van der Waals surface area contributed by atoms with Crippen molar-refractivity contribution in [2.24, 2.45) is 5.73 Å². The first-order valence-electron chi connectivity index (χ1n) is 3.29. The van der Waals surface area contributed by atoms with Crippen molar-refractivity contribution in [1.29, 1.82) is 0 Å². The third-order valence-electron chi connectivity index (χ3n) is 1.40. The summed E-state index contributed by atoms with van der Waals surface area (Å²) in [6, 6.07) is 0.847. The molecule has 5 heteroatoms. The van der Waals surface area contributed by atoms with E-state index in [4.69, 9.17) is 28.9 Å². The predicted octanol–water partition coefficient (Wildman–Crippen LogP) is 2.55. The van der Waals surface area contributed by atoms with E-state index >= 15 is 0 Å². The molecule has 0 aliphatic heterocycles. The predicted molar refractivity (Wildman–Crippen MR) is 46.8 cm³/mol. The fraction of sp³-hybridized carbons (Fsp3) is 0.286. The molecule has 0 saturated heterocycles. The number of nitrogens with zero attached hydrogens (tertiary/aromatic N) is 1. The van der Waals surface area contributed by atoms with Crippen molar-refractivity contribution in [3.63, 3.8) is 0 Å². The van der Waals surface area contributed by atoms with Crippen molar-refractivity contribution in [2.45, 2.75) is 13.0 Å². The number of hydrogen-bond acceptors (Lipinski definition) is 2. The third-order valence-corrected chi connectivity index (χ3v) is 1.97. The normalized spacial score (nSPS) is 13.1. The fourth-order valence-electron chi connectivity index (χ4n) is 0.779. The van der Waals surface area contributed by atoms with E-state index in [9.17, 15) is 4.39 Å². The molecule has 0 amide bonds. The molecule has 1 aromatic rings. The minimum Gasteiger partial charge on any atom is -0.324 e. The summed E-state index contributed by atoms with van der Waals surface area (Å²) in [6.07, 6.45) is 0. The van der Waals surface area contributed by atoms with Crippen LogP contribution in [0.3, 0.4) is 0 Å². The van der Waals surface area contributed by atoms with E-state index in [1.807, 2.05) is 0 Å². The van der Waals surface area contributed by atoms with Gasteiger partial charge in [0.15, 0.2) is 11.0 Å². The van der Waals surface area contributed by atoms with Crippen molar-refractivity contribution in [3.05, 3.63) is 27.8 Å². The van der Waals surface area contributed by atoms with Gasteiger partial charge < -0.3 is 5.73 Å². The van der Waals surface area contributed by atoms with Crippen LogP contribution in [0.15, 0.2) is 6.07 Å². The molecule has 1 rings (SSSR count). The Labute approximate surface area is 79.5 Å². The van der Waals surface area contributed by atoms with Gasteiger partial charge in [0.25, 0.3) is 0 Å². The van der Waals surface area contributed by atoms with Gasteiger partial charge in [-0.05, 0) is 13.0 Å². The summed E-state index contributed by atoms with van der Waals surface area (Å²) in [6.45, 7) is 1.69. The highest BCUT2D eigenvalue weighted by Crippen LogP contribution is 2.23. The van der Waals surface area contributed by atoms with Crippen LogP contribution >= 0.6 is 23.2 Å². The van der Waals surface area contributed by atoms with Crippen LogP contribution in [0.4, 0.5) is 4.39 Å². The Bertz CT molecular complexity index is 302. The molecule has 0 bridgehead atoms. The van der Waals surface area contributed by atoms with Gasteiger partial charge in [-0.3, -0.25) is 0 Å². The average Bonchev–Trinajstić information content (AvgIpc) is 1.96. The van der Waals surface area contributed by atoms with E-state index in [0.717, 1.165) is 0 Å². The van der Waals surface area contributed by atoms with Crippen LogP contribution in [0, 0.1) is 5.82 Å². The van der Waals surface area contributed by atoms with Crippen LogP contribution in [0.1, 0.15) is 18.5 Å². The summed E-state index contributed by atoms with van der Waals surface area (Å²) < 4.78 is 12.8. The van der Waals surface area contributed by atoms with Crippen molar-refractivity contribution in [2.75, 3.05) is 0 Å². The molecule has 2 nitrogen and oxygen atoms in total. The van der Waals surface area contributed by atoms with Crippen molar-refractivity contribution >= 4 is 23.2 Å². The Morgan fingerprint density at radius 2 is 2.08 bits per heavy atom. The summed E-state index contributed by atoms with van der Waals surface area (Å²) in [5.41, 5.74) is 5.96. The van der Waals surface area contributed by atoms with E-state index in [0.29, 0.717) is 5.56 Å². The lowest BCUT2D eigenvalue weighted by atomic mass is 10.1. The molecular formula is C7H7Cl2FN2. The molecule has 12 heavy (non-hydrogen) atoms. The van der Waals surface area contributed by atoms with Crippen molar-refractivity contribution < 1.29 is 4.39 Å². The topological polar surface area (TPSA) is 38.9 Å². The number of hydrogen-bond donors (Lipinski definition) is 1. The molecule has 0 fully saturated rings. The summed E-state index contributed by atoms with van der Waals surface area (Å²) in [4.78, 5) is 3.57. The van der Waals surface area contributed by atoms with Gasteiger partial charge in [-0.15, -0.1) is 0 Å². The van der Waals surface area contributed by atoms with E-state index < -0.39 is 5.82 Å². The highest BCUT2D eigenvalue weighted by molar-refractivity contribution is 6.32. The number of rotatable bonds is 1. The third kappa shape index (κ3) is 1.86. The zero-order valence-corrected chi connectivity index (χ0v) is 7.83. The van der Waals surface area contributed by atoms with Gasteiger partial charge in [-0.25, -0.2) is 9.37 Å². The number of pyridine rings is 1. The number of halogens is 3. The monoisotopic (exact) mass is 208 g/mol. The molecule has 0 aliphatic carbocycles. The first-order valence-corrected chi connectivity index (χ1v) is 4.05. The zero-order valence-electron chi connectivity index (χ0n) is 6.31. The van der Waals surface area contributed by atoms with E-state index in [-0.39, 0.29) is 16.3 Å². The highest BCUT2D eigenvalue weighted by Gasteiger charge is 2.11. The molecule has 0 aliphatic rings. The Balaban J connectivity index is 3.23. The largest absolute Gasteiger partial charge is 0.324 e. The minimum absolute atomic E-state index is 0.149. The molecule has 1 heterocycles. The molecule has 1 atom stereocenters. The second kappa shape index (κ2) is 3.56. The van der Waals surface area contributed by atoms with Gasteiger partial charge in [-0.2, -0.15) is 0 Å². The number of nitrogens with two attached hydrogens (primary N) is 1. The molecular weight excluding hydrogens is 202 g/mol.